The molecule has 0 bridgehead atoms. The number of carbonyl (C=O) groups excluding carboxylic acids is 1. The van der Waals surface area contributed by atoms with Crippen LogP contribution in [0, 0.1) is 17.3 Å². The lowest BCUT2D eigenvalue weighted by Gasteiger charge is -2.23. The van der Waals surface area contributed by atoms with E-state index in [1.165, 1.54) is 5.57 Å². The van der Waals surface area contributed by atoms with Crippen LogP contribution in [0.5, 0.6) is 0 Å². The van der Waals surface area contributed by atoms with Gasteiger partial charge in [0, 0.05) is 6.42 Å². The van der Waals surface area contributed by atoms with Gasteiger partial charge in [0.15, 0.2) is 0 Å². The number of allylic oxidation sites excluding steroid dienone is 6. The third-order valence-corrected chi connectivity index (χ3v) is 3.72. The van der Waals surface area contributed by atoms with Crippen LogP contribution in [0.15, 0.2) is 36.0 Å². The summed E-state index contributed by atoms with van der Waals surface area (Å²) in [6.45, 7) is 6.44. The minimum Gasteiger partial charge on any atom is -0.298 e. The van der Waals surface area contributed by atoms with Crippen LogP contribution in [0.3, 0.4) is 0 Å². The van der Waals surface area contributed by atoms with Crippen molar-refractivity contribution in [1.82, 2.24) is 0 Å². The second-order valence-corrected chi connectivity index (χ2v) is 5.05. The van der Waals surface area contributed by atoms with Gasteiger partial charge in [-0.2, -0.15) is 0 Å². The van der Waals surface area contributed by atoms with Crippen molar-refractivity contribution < 1.29 is 4.79 Å². The van der Waals surface area contributed by atoms with Gasteiger partial charge in [0.25, 0.3) is 0 Å². The molecule has 15 heavy (non-hydrogen) atoms. The summed E-state index contributed by atoms with van der Waals surface area (Å²) in [4.78, 5) is 12.1. The minimum absolute atomic E-state index is 0.335. The van der Waals surface area contributed by atoms with Crippen LogP contribution < -0.4 is 0 Å². The molecule has 0 radical (unpaired) electrons. The van der Waals surface area contributed by atoms with E-state index in [0.717, 1.165) is 0 Å². The monoisotopic (exact) mass is 202 g/mol. The van der Waals surface area contributed by atoms with Crippen molar-refractivity contribution in [2.45, 2.75) is 27.2 Å². The normalized spacial score (nSPS) is 34.3. The smallest absolute Gasteiger partial charge is 0.147 e. The van der Waals surface area contributed by atoms with Gasteiger partial charge in [-0.3, -0.25) is 4.79 Å². The van der Waals surface area contributed by atoms with Crippen LogP contribution >= 0.6 is 0 Å². The van der Waals surface area contributed by atoms with E-state index in [-0.39, 0.29) is 5.41 Å². The van der Waals surface area contributed by atoms with Gasteiger partial charge in [0.1, 0.15) is 5.78 Å². The first-order valence-corrected chi connectivity index (χ1v) is 5.65. The Labute approximate surface area is 91.6 Å². The first kappa shape index (κ1) is 10.4. The van der Waals surface area contributed by atoms with Crippen molar-refractivity contribution in [3.8, 4) is 0 Å². The van der Waals surface area contributed by atoms with Gasteiger partial charge in [-0.15, -0.1) is 0 Å². The van der Waals surface area contributed by atoms with E-state index in [9.17, 15) is 4.79 Å². The molecule has 2 aliphatic rings. The molecule has 2 atom stereocenters. The number of hydrogen-bond acceptors (Lipinski definition) is 1. The Morgan fingerprint density at radius 3 is 2.73 bits per heavy atom. The van der Waals surface area contributed by atoms with Crippen molar-refractivity contribution in [3.63, 3.8) is 0 Å². The molecule has 0 spiro atoms. The van der Waals surface area contributed by atoms with Crippen LogP contribution in [0.25, 0.3) is 0 Å². The summed E-state index contributed by atoms with van der Waals surface area (Å²) >= 11 is 0. The van der Waals surface area contributed by atoms with Crippen molar-refractivity contribution >= 4 is 5.78 Å². The number of hydrogen-bond donors (Lipinski definition) is 0. The Morgan fingerprint density at radius 1 is 1.33 bits per heavy atom. The summed E-state index contributed by atoms with van der Waals surface area (Å²) in [6, 6.07) is 0. The second-order valence-electron chi connectivity index (χ2n) is 5.05. The lowest BCUT2D eigenvalue weighted by molar-refractivity contribution is -0.122. The summed E-state index contributed by atoms with van der Waals surface area (Å²) in [6.07, 6.45) is 10.9. The van der Waals surface area contributed by atoms with Gasteiger partial charge in [0.2, 0.25) is 0 Å². The lowest BCUT2D eigenvalue weighted by Crippen LogP contribution is -2.21. The molecule has 1 nitrogen and oxygen atoms in total. The maximum atomic E-state index is 12.1. The first-order valence-electron chi connectivity index (χ1n) is 5.65. The number of rotatable bonds is 1. The highest BCUT2D eigenvalue weighted by Crippen LogP contribution is 2.48. The fourth-order valence-corrected chi connectivity index (χ4v) is 2.62. The molecule has 2 rings (SSSR count). The largest absolute Gasteiger partial charge is 0.298 e. The summed E-state index contributed by atoms with van der Waals surface area (Å²) in [5, 5.41) is 0. The topological polar surface area (TPSA) is 17.1 Å². The molecule has 0 unspecified atom stereocenters. The van der Waals surface area contributed by atoms with Crippen molar-refractivity contribution in [1.29, 1.82) is 0 Å². The molecule has 0 saturated heterocycles. The third-order valence-electron chi connectivity index (χ3n) is 3.72. The quantitative estimate of drug-likeness (QED) is 0.637. The fraction of sp³-hybridized carbons (Fsp3) is 0.500. The van der Waals surface area contributed by atoms with Crippen molar-refractivity contribution in [3.05, 3.63) is 36.0 Å². The molecule has 0 aromatic carbocycles. The summed E-state index contributed by atoms with van der Waals surface area (Å²) in [7, 11) is 0. The van der Waals surface area contributed by atoms with E-state index < -0.39 is 0 Å². The van der Waals surface area contributed by atoms with E-state index in [1.807, 2.05) is 31.2 Å². The molecule has 0 aromatic rings. The molecule has 0 aliphatic heterocycles. The zero-order chi connectivity index (χ0) is 11.1. The highest BCUT2D eigenvalue weighted by atomic mass is 16.1. The number of ketones is 1. The molecule has 80 valence electrons. The molecular formula is C14H18O. The van der Waals surface area contributed by atoms with Gasteiger partial charge in [-0.05, 0) is 24.3 Å². The maximum Gasteiger partial charge on any atom is 0.147 e. The molecule has 0 amide bonds. The van der Waals surface area contributed by atoms with E-state index in [0.29, 0.717) is 24.0 Å². The lowest BCUT2D eigenvalue weighted by atomic mass is 9.79. The molecule has 1 saturated carbocycles. The summed E-state index contributed by atoms with van der Waals surface area (Å²) < 4.78 is 0. The van der Waals surface area contributed by atoms with Gasteiger partial charge >= 0.3 is 0 Å². The Kier molecular flexibility index (Phi) is 2.41. The number of carbonyl (C=O) groups is 1. The molecule has 0 aromatic heterocycles. The molecule has 1 heteroatoms. The Morgan fingerprint density at radius 2 is 2.07 bits per heavy atom. The molecule has 2 aliphatic carbocycles. The average molecular weight is 202 g/mol. The first-order chi connectivity index (χ1) is 7.05. The predicted octanol–water partition coefficient (Wildman–Crippen LogP) is 3.29. The highest BCUT2D eigenvalue weighted by molar-refractivity contribution is 5.93. The molecule has 0 heterocycles. The van der Waals surface area contributed by atoms with E-state index in [4.69, 9.17) is 0 Å². The SMILES string of the molecule is CC(C)[C@H]1CC(=O)[C@@]2(C)C=CC=CC=C12. The van der Waals surface area contributed by atoms with Crippen LogP contribution in [0.4, 0.5) is 0 Å². The van der Waals surface area contributed by atoms with Crippen molar-refractivity contribution in [2.24, 2.45) is 17.3 Å². The highest BCUT2D eigenvalue weighted by Gasteiger charge is 2.46. The van der Waals surface area contributed by atoms with Crippen LogP contribution in [0.1, 0.15) is 27.2 Å². The number of fused-ring (bicyclic) bond motifs is 1. The standard InChI is InChI=1S/C14H18O/c1-10(2)11-9-13(15)14(3)8-6-4-5-7-12(11)14/h4-8,10-11H,9H2,1-3H3/t11-,14+/m1/s1. The fourth-order valence-electron chi connectivity index (χ4n) is 2.62. The van der Waals surface area contributed by atoms with E-state index in [1.54, 1.807) is 0 Å². The van der Waals surface area contributed by atoms with Gasteiger partial charge in [-0.1, -0.05) is 44.2 Å². The third kappa shape index (κ3) is 1.50. The predicted molar refractivity (Wildman–Crippen MR) is 62.4 cm³/mol. The zero-order valence-corrected chi connectivity index (χ0v) is 9.66. The Hall–Kier alpha value is -1.11. The minimum atomic E-state index is -0.335. The Bertz CT molecular complexity index is 371. The molecular weight excluding hydrogens is 184 g/mol. The second kappa shape index (κ2) is 3.48. The van der Waals surface area contributed by atoms with Crippen LogP contribution in [0.2, 0.25) is 0 Å². The summed E-state index contributed by atoms with van der Waals surface area (Å²) in [5.41, 5.74) is 0.964. The van der Waals surface area contributed by atoms with Crippen LogP contribution in [-0.2, 0) is 4.79 Å². The molecule has 1 fully saturated rings. The zero-order valence-electron chi connectivity index (χ0n) is 9.66. The van der Waals surface area contributed by atoms with Gasteiger partial charge in [0.05, 0.1) is 5.41 Å². The van der Waals surface area contributed by atoms with Crippen LogP contribution in [-0.4, -0.2) is 5.78 Å². The van der Waals surface area contributed by atoms with Crippen molar-refractivity contribution in [2.75, 3.05) is 0 Å². The maximum absolute atomic E-state index is 12.1. The van der Waals surface area contributed by atoms with E-state index >= 15 is 0 Å². The summed E-state index contributed by atoms with van der Waals surface area (Å²) in [5.74, 6) is 1.34. The van der Waals surface area contributed by atoms with Gasteiger partial charge < -0.3 is 0 Å². The average Bonchev–Trinajstić information content (AvgIpc) is 2.36. The molecule has 0 N–H and O–H groups in total. The van der Waals surface area contributed by atoms with E-state index in [2.05, 4.69) is 19.9 Å². The van der Waals surface area contributed by atoms with Gasteiger partial charge in [-0.25, -0.2) is 0 Å². The Balaban J connectivity index is 2.48. The number of Topliss-reactive ketones (excluding diaryl/α,β-unsaturated/α-hetero) is 1.